The predicted molar refractivity (Wildman–Crippen MR) is 76.7 cm³/mol. The number of hydrogen-bond donors (Lipinski definition) is 1. The smallest absolute Gasteiger partial charge is 0.200 e. The molecule has 1 N–H and O–H groups in total. The van der Waals surface area contributed by atoms with E-state index in [1.165, 1.54) is 19.3 Å². The lowest BCUT2D eigenvalue weighted by molar-refractivity contribution is 0.456. The molecule has 0 heterocycles. The summed E-state index contributed by atoms with van der Waals surface area (Å²) in [5.41, 5.74) is 2.16. The van der Waals surface area contributed by atoms with Crippen LogP contribution in [0.4, 0.5) is 0 Å². The van der Waals surface area contributed by atoms with Gasteiger partial charge in [0.2, 0.25) is 0 Å². The minimum Gasteiger partial charge on any atom is -0.200 e. The Morgan fingerprint density at radius 1 is 1.10 bits per heavy atom. The van der Waals surface area contributed by atoms with Crippen molar-refractivity contribution in [3.63, 3.8) is 0 Å². The summed E-state index contributed by atoms with van der Waals surface area (Å²) < 4.78 is 24.4. The van der Waals surface area contributed by atoms with Gasteiger partial charge < -0.3 is 0 Å². The summed E-state index contributed by atoms with van der Waals surface area (Å²) in [6.45, 7) is 1.94. The van der Waals surface area contributed by atoms with Crippen LogP contribution in [-0.2, 0) is 10.0 Å². The van der Waals surface area contributed by atoms with Gasteiger partial charge in [-0.05, 0) is 50.2 Å². The Balaban J connectivity index is 1.56. The fourth-order valence-electron chi connectivity index (χ4n) is 4.01. The van der Waals surface area contributed by atoms with Crippen molar-refractivity contribution in [1.82, 2.24) is 4.83 Å². The SMILES string of the molecule is Cc1ccc(S(=O)(=O)NN=C2[C@H]3CC[C@@H]2[C@H]2C[C@H]23)cc1. The average molecular weight is 290 g/mol. The molecule has 4 rings (SSSR count). The number of hydrazone groups is 1. The Bertz CT molecular complexity index is 660. The summed E-state index contributed by atoms with van der Waals surface area (Å²) in [4.78, 5) is 2.72. The van der Waals surface area contributed by atoms with Crippen molar-refractivity contribution in [3.8, 4) is 0 Å². The fraction of sp³-hybridized carbons (Fsp3) is 0.533. The first kappa shape index (κ1) is 12.4. The molecule has 0 radical (unpaired) electrons. The Kier molecular flexibility index (Phi) is 2.52. The first-order valence-corrected chi connectivity index (χ1v) is 8.70. The zero-order valence-electron chi connectivity index (χ0n) is 11.4. The second-order valence-electron chi connectivity index (χ2n) is 6.30. The third-order valence-corrected chi connectivity index (χ3v) is 6.32. The highest BCUT2D eigenvalue weighted by Gasteiger charge is 2.61. The monoisotopic (exact) mass is 290 g/mol. The number of sulfonamides is 1. The van der Waals surface area contributed by atoms with E-state index in [4.69, 9.17) is 0 Å². The van der Waals surface area contributed by atoms with Crippen LogP contribution in [0, 0.1) is 30.6 Å². The van der Waals surface area contributed by atoms with Crippen molar-refractivity contribution >= 4 is 15.7 Å². The van der Waals surface area contributed by atoms with Crippen molar-refractivity contribution in [2.45, 2.75) is 31.1 Å². The molecule has 4 atom stereocenters. The number of aryl methyl sites for hydroxylation is 1. The molecule has 0 aromatic heterocycles. The number of fused-ring (bicyclic) bond motifs is 5. The molecule has 0 spiro atoms. The second-order valence-corrected chi connectivity index (χ2v) is 7.96. The van der Waals surface area contributed by atoms with Crippen LogP contribution in [-0.4, -0.2) is 14.1 Å². The van der Waals surface area contributed by atoms with Crippen molar-refractivity contribution in [2.24, 2.45) is 28.8 Å². The number of nitrogens with zero attached hydrogens (tertiary/aromatic N) is 1. The molecule has 106 valence electrons. The molecule has 1 aromatic carbocycles. The maximum absolute atomic E-state index is 12.2. The van der Waals surface area contributed by atoms with Gasteiger partial charge in [0.25, 0.3) is 10.0 Å². The van der Waals surface area contributed by atoms with Gasteiger partial charge in [-0.15, -0.1) is 0 Å². The largest absolute Gasteiger partial charge is 0.276 e. The third-order valence-electron chi connectivity index (χ3n) is 5.10. The van der Waals surface area contributed by atoms with Crippen LogP contribution in [0.2, 0.25) is 0 Å². The summed E-state index contributed by atoms with van der Waals surface area (Å²) in [7, 11) is -3.52. The van der Waals surface area contributed by atoms with E-state index in [2.05, 4.69) is 9.93 Å². The van der Waals surface area contributed by atoms with Gasteiger partial charge in [-0.1, -0.05) is 17.7 Å². The second kappa shape index (κ2) is 4.07. The van der Waals surface area contributed by atoms with Gasteiger partial charge in [-0.25, -0.2) is 4.83 Å². The number of benzene rings is 1. The van der Waals surface area contributed by atoms with Gasteiger partial charge in [0, 0.05) is 17.5 Å². The van der Waals surface area contributed by atoms with E-state index in [0.717, 1.165) is 23.1 Å². The Morgan fingerprint density at radius 2 is 1.70 bits per heavy atom. The molecule has 3 aliphatic rings. The maximum Gasteiger partial charge on any atom is 0.276 e. The van der Waals surface area contributed by atoms with Crippen LogP contribution in [0.25, 0.3) is 0 Å². The molecular formula is C15H18N2O2S. The van der Waals surface area contributed by atoms with E-state index in [-0.39, 0.29) is 4.90 Å². The van der Waals surface area contributed by atoms with Gasteiger partial charge >= 0.3 is 0 Å². The lowest BCUT2D eigenvalue weighted by atomic mass is 10.0. The Hall–Kier alpha value is -1.36. The number of rotatable bonds is 3. The van der Waals surface area contributed by atoms with Crippen LogP contribution in [0.3, 0.4) is 0 Å². The molecule has 1 aromatic rings. The van der Waals surface area contributed by atoms with Crippen LogP contribution in [0.15, 0.2) is 34.3 Å². The quantitative estimate of drug-likeness (QED) is 0.868. The zero-order chi connectivity index (χ0) is 13.9. The van der Waals surface area contributed by atoms with Crippen molar-refractivity contribution < 1.29 is 8.42 Å². The molecule has 0 saturated heterocycles. The number of nitrogens with one attached hydrogen (secondary N) is 1. The summed E-state index contributed by atoms with van der Waals surface area (Å²) in [5, 5.41) is 4.28. The molecule has 4 nitrogen and oxygen atoms in total. The molecule has 20 heavy (non-hydrogen) atoms. The minimum absolute atomic E-state index is 0.281. The Morgan fingerprint density at radius 3 is 2.30 bits per heavy atom. The summed E-state index contributed by atoms with van der Waals surface area (Å²) in [6.07, 6.45) is 3.72. The molecule has 3 aliphatic carbocycles. The molecule has 5 heteroatoms. The molecular weight excluding hydrogens is 272 g/mol. The zero-order valence-corrected chi connectivity index (χ0v) is 12.2. The van der Waals surface area contributed by atoms with Gasteiger partial charge in [0.15, 0.2) is 0 Å². The van der Waals surface area contributed by atoms with Crippen molar-refractivity contribution in [1.29, 1.82) is 0 Å². The molecule has 3 saturated carbocycles. The number of hydrogen-bond acceptors (Lipinski definition) is 3. The third kappa shape index (κ3) is 1.79. The van der Waals surface area contributed by atoms with E-state index in [9.17, 15) is 8.42 Å². The lowest BCUT2D eigenvalue weighted by Crippen LogP contribution is -2.22. The molecule has 3 fully saturated rings. The highest BCUT2D eigenvalue weighted by atomic mass is 32.2. The lowest BCUT2D eigenvalue weighted by Gasteiger charge is -2.09. The fourth-order valence-corrected chi connectivity index (χ4v) is 4.83. The maximum atomic E-state index is 12.2. The molecule has 2 bridgehead atoms. The van der Waals surface area contributed by atoms with E-state index < -0.39 is 10.0 Å². The predicted octanol–water partition coefficient (Wildman–Crippen LogP) is 2.31. The van der Waals surface area contributed by atoms with Crippen LogP contribution >= 0.6 is 0 Å². The molecule has 0 unspecified atom stereocenters. The minimum atomic E-state index is -3.52. The summed E-state index contributed by atoms with van der Waals surface area (Å²) in [6, 6.07) is 6.85. The summed E-state index contributed by atoms with van der Waals surface area (Å²) in [5.74, 6) is 2.70. The standard InChI is InChI=1S/C15H18N2O2S/c1-9-2-4-10(5-3-9)20(18,19)17-16-15-11-6-7-12(15)14-8-13(11)14/h2-5,11-14,17H,6-8H2,1H3/t11-,12+,13-,14+. The molecule has 0 amide bonds. The first-order chi connectivity index (χ1) is 9.56. The van der Waals surface area contributed by atoms with Crippen molar-refractivity contribution in [2.75, 3.05) is 0 Å². The Labute approximate surface area is 119 Å². The first-order valence-electron chi connectivity index (χ1n) is 7.22. The van der Waals surface area contributed by atoms with Crippen molar-refractivity contribution in [3.05, 3.63) is 29.8 Å². The summed E-state index contributed by atoms with van der Waals surface area (Å²) >= 11 is 0. The van der Waals surface area contributed by atoms with Gasteiger partial charge in [-0.3, -0.25) is 0 Å². The topological polar surface area (TPSA) is 58.5 Å². The highest BCUT2D eigenvalue weighted by Crippen LogP contribution is 2.64. The van der Waals surface area contributed by atoms with E-state index >= 15 is 0 Å². The average Bonchev–Trinajstić information content (AvgIpc) is 3.07. The van der Waals surface area contributed by atoms with E-state index in [1.54, 1.807) is 24.3 Å². The van der Waals surface area contributed by atoms with Crippen LogP contribution in [0.5, 0.6) is 0 Å². The molecule has 0 aliphatic heterocycles. The van der Waals surface area contributed by atoms with Gasteiger partial charge in [0.05, 0.1) is 4.90 Å². The van der Waals surface area contributed by atoms with Crippen LogP contribution in [0.1, 0.15) is 24.8 Å². The van der Waals surface area contributed by atoms with E-state index in [1.807, 2.05) is 6.92 Å². The normalized spacial score (nSPS) is 36.1. The van der Waals surface area contributed by atoms with Gasteiger partial charge in [0.1, 0.15) is 0 Å². The van der Waals surface area contributed by atoms with E-state index in [0.29, 0.717) is 11.8 Å². The highest BCUT2D eigenvalue weighted by molar-refractivity contribution is 7.89. The van der Waals surface area contributed by atoms with Gasteiger partial charge in [-0.2, -0.15) is 13.5 Å². The van der Waals surface area contributed by atoms with Crippen LogP contribution < -0.4 is 4.83 Å².